The molecule has 0 fully saturated rings. The highest BCUT2D eigenvalue weighted by Gasteiger charge is 2.11. The van der Waals surface area contributed by atoms with Crippen LogP contribution in [-0.2, 0) is 11.3 Å². The molecule has 8 nitrogen and oxygen atoms in total. The Morgan fingerprint density at radius 1 is 1.30 bits per heavy atom. The first-order valence-electron chi connectivity index (χ1n) is 5.73. The summed E-state index contributed by atoms with van der Waals surface area (Å²) in [5, 5.41) is 16.7. The standard InChI is InChI=1S/C12H9N5O3/c18-11(19)6-16-12(20)10-5-9(15-17(10)7-14-16)8-1-3-13-4-2-8/h1-5,7H,6H2,(H,18,19). The predicted molar refractivity (Wildman–Crippen MR) is 68.1 cm³/mol. The van der Waals surface area contributed by atoms with Crippen LogP contribution in [0, 0.1) is 0 Å². The fourth-order valence-corrected chi connectivity index (χ4v) is 1.84. The molecule has 0 amide bonds. The average molecular weight is 271 g/mol. The molecule has 3 rings (SSSR count). The summed E-state index contributed by atoms with van der Waals surface area (Å²) in [5.41, 5.74) is 1.18. The Hall–Kier alpha value is -3.03. The van der Waals surface area contributed by atoms with Gasteiger partial charge in [-0.2, -0.15) is 10.2 Å². The van der Waals surface area contributed by atoms with Crippen molar-refractivity contribution in [2.45, 2.75) is 6.54 Å². The average Bonchev–Trinajstić information content (AvgIpc) is 2.87. The van der Waals surface area contributed by atoms with Gasteiger partial charge < -0.3 is 5.11 Å². The molecule has 0 aliphatic heterocycles. The molecule has 3 aromatic heterocycles. The largest absolute Gasteiger partial charge is 0.480 e. The van der Waals surface area contributed by atoms with Crippen LogP contribution in [0.5, 0.6) is 0 Å². The molecule has 3 aromatic rings. The molecule has 0 saturated heterocycles. The third-order valence-electron chi connectivity index (χ3n) is 2.75. The molecule has 0 atom stereocenters. The van der Waals surface area contributed by atoms with Crippen molar-refractivity contribution in [1.82, 2.24) is 24.4 Å². The number of carbonyl (C=O) groups is 1. The summed E-state index contributed by atoms with van der Waals surface area (Å²) in [6.45, 7) is -0.481. The lowest BCUT2D eigenvalue weighted by Crippen LogP contribution is -2.27. The van der Waals surface area contributed by atoms with Crippen LogP contribution < -0.4 is 5.56 Å². The maximum Gasteiger partial charge on any atom is 0.325 e. The Morgan fingerprint density at radius 3 is 2.75 bits per heavy atom. The second-order valence-corrected chi connectivity index (χ2v) is 4.08. The van der Waals surface area contributed by atoms with Crippen molar-refractivity contribution < 1.29 is 9.90 Å². The monoisotopic (exact) mass is 271 g/mol. The van der Waals surface area contributed by atoms with Crippen molar-refractivity contribution in [2.75, 3.05) is 0 Å². The van der Waals surface area contributed by atoms with Crippen LogP contribution in [-0.4, -0.2) is 35.5 Å². The molecule has 3 heterocycles. The van der Waals surface area contributed by atoms with Gasteiger partial charge in [0, 0.05) is 18.0 Å². The highest BCUT2D eigenvalue weighted by atomic mass is 16.4. The summed E-state index contributed by atoms with van der Waals surface area (Å²) in [5.74, 6) is -1.13. The molecule has 0 spiro atoms. The van der Waals surface area contributed by atoms with Crippen LogP contribution in [0.2, 0.25) is 0 Å². The molecule has 100 valence electrons. The quantitative estimate of drug-likeness (QED) is 0.721. The third-order valence-corrected chi connectivity index (χ3v) is 2.75. The number of nitrogens with zero attached hydrogens (tertiary/aromatic N) is 5. The molecule has 0 aromatic carbocycles. The van der Waals surface area contributed by atoms with Crippen molar-refractivity contribution in [3.05, 3.63) is 47.3 Å². The predicted octanol–water partition coefficient (Wildman–Crippen LogP) is 0.0376. The zero-order valence-electron chi connectivity index (χ0n) is 10.2. The van der Waals surface area contributed by atoms with Gasteiger partial charge in [0.1, 0.15) is 18.4 Å². The molecule has 0 aliphatic carbocycles. The van der Waals surface area contributed by atoms with Gasteiger partial charge in [-0.3, -0.25) is 14.6 Å². The van der Waals surface area contributed by atoms with Gasteiger partial charge >= 0.3 is 5.97 Å². The number of rotatable bonds is 3. The maximum absolute atomic E-state index is 12.1. The SMILES string of the molecule is O=C(O)Cn1ncn2nc(-c3ccncc3)cc2c1=O. The van der Waals surface area contributed by atoms with E-state index in [0.717, 1.165) is 10.2 Å². The minimum Gasteiger partial charge on any atom is -0.480 e. The Morgan fingerprint density at radius 2 is 2.05 bits per heavy atom. The van der Waals surface area contributed by atoms with E-state index in [1.165, 1.54) is 10.8 Å². The number of carboxylic acids is 1. The van der Waals surface area contributed by atoms with Crippen molar-refractivity contribution >= 4 is 11.5 Å². The van der Waals surface area contributed by atoms with E-state index in [9.17, 15) is 9.59 Å². The van der Waals surface area contributed by atoms with E-state index < -0.39 is 18.1 Å². The van der Waals surface area contributed by atoms with Crippen LogP contribution in [0.1, 0.15) is 0 Å². The molecule has 0 aliphatic rings. The van der Waals surface area contributed by atoms with Gasteiger partial charge in [0.25, 0.3) is 5.56 Å². The minimum absolute atomic E-state index is 0.271. The highest BCUT2D eigenvalue weighted by Crippen LogP contribution is 2.16. The van der Waals surface area contributed by atoms with Gasteiger partial charge in [-0.15, -0.1) is 0 Å². The molecule has 0 radical (unpaired) electrons. The molecular formula is C12H9N5O3. The summed E-state index contributed by atoms with van der Waals surface area (Å²) in [7, 11) is 0. The lowest BCUT2D eigenvalue weighted by atomic mass is 10.2. The van der Waals surface area contributed by atoms with E-state index in [4.69, 9.17) is 5.11 Å². The number of hydrogen-bond donors (Lipinski definition) is 1. The number of pyridine rings is 1. The van der Waals surface area contributed by atoms with Gasteiger partial charge in [0.15, 0.2) is 0 Å². The minimum atomic E-state index is -1.13. The molecule has 0 saturated carbocycles. The first-order valence-corrected chi connectivity index (χ1v) is 5.73. The fraction of sp³-hybridized carbons (Fsp3) is 0.0833. The van der Waals surface area contributed by atoms with Crippen LogP contribution in [0.3, 0.4) is 0 Å². The fourth-order valence-electron chi connectivity index (χ4n) is 1.84. The van der Waals surface area contributed by atoms with E-state index >= 15 is 0 Å². The van der Waals surface area contributed by atoms with Crippen molar-refractivity contribution in [1.29, 1.82) is 0 Å². The first-order chi connectivity index (χ1) is 9.65. The number of aliphatic carboxylic acids is 1. The summed E-state index contributed by atoms with van der Waals surface area (Å²) in [6.07, 6.45) is 4.56. The summed E-state index contributed by atoms with van der Waals surface area (Å²) >= 11 is 0. The molecule has 1 N–H and O–H groups in total. The zero-order chi connectivity index (χ0) is 14.1. The van der Waals surface area contributed by atoms with Gasteiger partial charge in [-0.1, -0.05) is 0 Å². The number of aromatic nitrogens is 5. The smallest absolute Gasteiger partial charge is 0.325 e. The first kappa shape index (κ1) is 12.0. The van der Waals surface area contributed by atoms with Crippen molar-refractivity contribution in [3.8, 4) is 11.3 Å². The normalized spacial score (nSPS) is 10.8. The molecule has 8 heteroatoms. The van der Waals surface area contributed by atoms with E-state index in [1.54, 1.807) is 30.6 Å². The lowest BCUT2D eigenvalue weighted by Gasteiger charge is -1.99. The third kappa shape index (κ3) is 2.03. The van der Waals surface area contributed by atoms with Crippen LogP contribution in [0.4, 0.5) is 0 Å². The van der Waals surface area contributed by atoms with Crippen LogP contribution in [0.15, 0.2) is 41.7 Å². The van der Waals surface area contributed by atoms with E-state index in [2.05, 4.69) is 15.2 Å². The van der Waals surface area contributed by atoms with Gasteiger partial charge in [0.05, 0.1) is 5.69 Å². The summed E-state index contributed by atoms with van der Waals surface area (Å²) in [4.78, 5) is 26.6. The Balaban J connectivity index is 2.15. The molecule has 20 heavy (non-hydrogen) atoms. The van der Waals surface area contributed by atoms with Crippen molar-refractivity contribution in [3.63, 3.8) is 0 Å². The zero-order valence-corrected chi connectivity index (χ0v) is 10.2. The summed E-state index contributed by atoms with van der Waals surface area (Å²) < 4.78 is 2.21. The van der Waals surface area contributed by atoms with Crippen molar-refractivity contribution in [2.24, 2.45) is 0 Å². The van der Waals surface area contributed by atoms with Crippen LogP contribution >= 0.6 is 0 Å². The van der Waals surface area contributed by atoms with Crippen LogP contribution in [0.25, 0.3) is 16.8 Å². The Labute approximate surface area is 111 Å². The summed E-state index contributed by atoms with van der Waals surface area (Å²) in [6, 6.07) is 5.13. The topological polar surface area (TPSA) is 102 Å². The van der Waals surface area contributed by atoms with Gasteiger partial charge in [-0.05, 0) is 18.2 Å². The number of hydrogen-bond acceptors (Lipinski definition) is 5. The Bertz CT molecular complexity index is 837. The highest BCUT2D eigenvalue weighted by molar-refractivity contribution is 5.67. The molecular weight excluding hydrogens is 262 g/mol. The van der Waals surface area contributed by atoms with E-state index in [0.29, 0.717) is 5.69 Å². The van der Waals surface area contributed by atoms with E-state index in [1.807, 2.05) is 0 Å². The van der Waals surface area contributed by atoms with E-state index in [-0.39, 0.29) is 5.52 Å². The molecule has 0 bridgehead atoms. The second kappa shape index (κ2) is 4.57. The van der Waals surface area contributed by atoms with Gasteiger partial charge in [0.2, 0.25) is 0 Å². The number of carboxylic acid groups (broad SMARTS) is 1. The lowest BCUT2D eigenvalue weighted by molar-refractivity contribution is -0.138. The number of fused-ring (bicyclic) bond motifs is 1. The second-order valence-electron chi connectivity index (χ2n) is 4.08. The Kier molecular flexibility index (Phi) is 2.75. The maximum atomic E-state index is 12.1. The molecule has 0 unspecified atom stereocenters. The van der Waals surface area contributed by atoms with Gasteiger partial charge in [-0.25, -0.2) is 9.20 Å².